The summed E-state index contributed by atoms with van der Waals surface area (Å²) in [4.78, 5) is 12.3. The molecule has 3 aromatic rings. The highest BCUT2D eigenvalue weighted by atomic mass is 35.5. The van der Waals surface area contributed by atoms with Gasteiger partial charge in [0.25, 0.3) is 5.91 Å². The predicted octanol–water partition coefficient (Wildman–Crippen LogP) is 5.15. The van der Waals surface area contributed by atoms with Gasteiger partial charge in [-0.1, -0.05) is 29.3 Å². The summed E-state index contributed by atoms with van der Waals surface area (Å²) < 4.78 is 52.8. The number of benzene rings is 1. The van der Waals surface area contributed by atoms with Gasteiger partial charge in [0, 0.05) is 0 Å². The number of ether oxygens (including phenoxy) is 2. The third kappa shape index (κ3) is 6.15. The van der Waals surface area contributed by atoms with Gasteiger partial charge in [0.1, 0.15) is 36.5 Å². The molecule has 0 atom stereocenters. The Balaban J connectivity index is 1.52. The normalized spacial score (nSPS) is 11.5. The van der Waals surface area contributed by atoms with Gasteiger partial charge in [-0.3, -0.25) is 4.79 Å². The molecule has 1 N–H and O–H groups in total. The summed E-state index contributed by atoms with van der Waals surface area (Å²) in [6.45, 7) is -1.79. The Labute approximate surface area is 178 Å². The highest BCUT2D eigenvalue weighted by molar-refractivity contribution is 6.42. The lowest BCUT2D eigenvalue weighted by atomic mass is 10.3. The first kappa shape index (κ1) is 22.0. The number of aromatic nitrogens is 2. The zero-order chi connectivity index (χ0) is 21.7. The van der Waals surface area contributed by atoms with E-state index in [4.69, 9.17) is 32.4 Å². The minimum absolute atomic E-state index is 0.00635. The van der Waals surface area contributed by atoms with Crippen LogP contribution in [0.25, 0.3) is 0 Å². The van der Waals surface area contributed by atoms with Gasteiger partial charge in [-0.15, -0.1) is 0 Å². The largest absolute Gasteiger partial charge is 0.484 e. The minimum atomic E-state index is -4.43. The van der Waals surface area contributed by atoms with Crippen molar-refractivity contribution in [3.05, 3.63) is 64.3 Å². The Bertz CT molecular complexity index is 1020. The number of anilines is 1. The summed E-state index contributed by atoms with van der Waals surface area (Å²) >= 11 is 12.0. The maximum Gasteiger partial charge on any atom is 0.411 e. The molecule has 1 aromatic carbocycles. The molecule has 160 valence electrons. The molecule has 30 heavy (non-hydrogen) atoms. The van der Waals surface area contributed by atoms with Gasteiger partial charge in [-0.05, 0) is 24.3 Å². The number of hydrogen-bond acceptors (Lipinski definition) is 5. The summed E-state index contributed by atoms with van der Waals surface area (Å²) in [5.41, 5.74) is 0.260. The molecule has 0 saturated carbocycles. The fourth-order valence-corrected chi connectivity index (χ4v) is 2.61. The van der Waals surface area contributed by atoms with Crippen molar-refractivity contribution in [1.29, 1.82) is 0 Å². The summed E-state index contributed by atoms with van der Waals surface area (Å²) in [6, 6.07) is 7.95. The van der Waals surface area contributed by atoms with E-state index in [2.05, 4.69) is 15.2 Å². The van der Waals surface area contributed by atoms with Crippen molar-refractivity contribution in [2.45, 2.75) is 19.5 Å². The van der Waals surface area contributed by atoms with Crippen LogP contribution in [0.2, 0.25) is 10.0 Å². The van der Waals surface area contributed by atoms with Crippen molar-refractivity contribution in [2.24, 2.45) is 0 Å². The number of carbonyl (C=O) groups is 1. The number of alkyl halides is 3. The minimum Gasteiger partial charge on any atom is -0.484 e. The third-order valence-corrected chi connectivity index (χ3v) is 4.35. The zero-order valence-corrected chi connectivity index (χ0v) is 16.6. The Morgan fingerprint density at radius 3 is 2.80 bits per heavy atom. The van der Waals surface area contributed by atoms with Crippen LogP contribution >= 0.6 is 23.2 Å². The van der Waals surface area contributed by atoms with Crippen LogP contribution in [0.15, 0.2) is 47.1 Å². The van der Waals surface area contributed by atoms with Crippen LogP contribution in [0.5, 0.6) is 5.75 Å². The first-order chi connectivity index (χ1) is 14.2. The highest BCUT2D eigenvalue weighted by Crippen LogP contribution is 2.32. The Hall–Kier alpha value is -2.69. The molecule has 2 aromatic heterocycles. The van der Waals surface area contributed by atoms with Crippen LogP contribution in [0, 0.1) is 0 Å². The van der Waals surface area contributed by atoms with E-state index in [1.54, 1.807) is 24.3 Å². The van der Waals surface area contributed by atoms with Crippen LogP contribution in [-0.4, -0.2) is 28.5 Å². The number of nitrogens with one attached hydrogen (secondary N) is 1. The highest BCUT2D eigenvalue weighted by Gasteiger charge is 2.27. The molecule has 0 bridgehead atoms. The molecule has 0 unspecified atom stereocenters. The standard InChI is InChI=1S/C18H14Cl2F3N3O4/c19-13-2-1-3-14(16(13)20)29-8-12-4-5-15(30-12)17(27)25-11-6-24-26(7-11)10-28-9-18(21,22)23/h1-7H,8-10H2,(H,25,27). The van der Waals surface area contributed by atoms with Gasteiger partial charge >= 0.3 is 6.18 Å². The van der Waals surface area contributed by atoms with Crippen molar-refractivity contribution < 1.29 is 31.9 Å². The molecule has 0 spiro atoms. The summed E-state index contributed by atoms with van der Waals surface area (Å²) in [7, 11) is 0. The van der Waals surface area contributed by atoms with E-state index in [0.717, 1.165) is 4.68 Å². The lowest BCUT2D eigenvalue weighted by Gasteiger charge is -2.07. The second kappa shape index (κ2) is 9.41. The van der Waals surface area contributed by atoms with Gasteiger partial charge in [0.15, 0.2) is 5.76 Å². The summed E-state index contributed by atoms with van der Waals surface area (Å²) in [6.07, 6.45) is -1.84. The van der Waals surface area contributed by atoms with Crippen molar-refractivity contribution in [1.82, 2.24) is 9.78 Å². The second-order valence-electron chi connectivity index (χ2n) is 5.92. The average molecular weight is 464 g/mol. The van der Waals surface area contributed by atoms with Gasteiger partial charge < -0.3 is 19.2 Å². The van der Waals surface area contributed by atoms with Crippen molar-refractivity contribution in [3.8, 4) is 5.75 Å². The van der Waals surface area contributed by atoms with E-state index in [1.165, 1.54) is 18.5 Å². The zero-order valence-electron chi connectivity index (χ0n) is 15.1. The first-order valence-electron chi connectivity index (χ1n) is 8.35. The van der Waals surface area contributed by atoms with Crippen LogP contribution < -0.4 is 10.1 Å². The molecule has 12 heteroatoms. The van der Waals surface area contributed by atoms with E-state index in [-0.39, 0.29) is 23.1 Å². The second-order valence-corrected chi connectivity index (χ2v) is 6.71. The van der Waals surface area contributed by atoms with Crippen LogP contribution in [-0.2, 0) is 18.1 Å². The molecule has 2 heterocycles. The van der Waals surface area contributed by atoms with E-state index >= 15 is 0 Å². The average Bonchev–Trinajstić information content (AvgIpc) is 3.31. The topological polar surface area (TPSA) is 78.5 Å². The lowest BCUT2D eigenvalue weighted by molar-refractivity contribution is -0.182. The Morgan fingerprint density at radius 2 is 2.03 bits per heavy atom. The summed E-state index contributed by atoms with van der Waals surface area (Å²) in [5, 5.41) is 6.93. The monoisotopic (exact) mass is 463 g/mol. The number of nitrogens with zero attached hydrogens (tertiary/aromatic N) is 2. The number of halogens is 5. The Morgan fingerprint density at radius 1 is 1.23 bits per heavy atom. The quantitative estimate of drug-likeness (QED) is 0.499. The molecule has 0 radical (unpaired) electrons. The van der Waals surface area contributed by atoms with Gasteiger partial charge in [-0.25, -0.2) is 4.68 Å². The van der Waals surface area contributed by atoms with Gasteiger partial charge in [0.05, 0.1) is 23.1 Å². The molecule has 7 nitrogen and oxygen atoms in total. The van der Waals surface area contributed by atoms with Crippen LogP contribution in [0.1, 0.15) is 16.3 Å². The number of hydrogen-bond donors (Lipinski definition) is 1. The molecule has 0 saturated heterocycles. The van der Waals surface area contributed by atoms with Crippen LogP contribution in [0.4, 0.5) is 18.9 Å². The van der Waals surface area contributed by atoms with E-state index in [9.17, 15) is 18.0 Å². The van der Waals surface area contributed by atoms with Crippen molar-refractivity contribution >= 4 is 34.8 Å². The fraction of sp³-hybridized carbons (Fsp3) is 0.222. The fourth-order valence-electron chi connectivity index (χ4n) is 2.27. The van der Waals surface area contributed by atoms with Gasteiger partial charge in [-0.2, -0.15) is 18.3 Å². The SMILES string of the molecule is O=C(Nc1cnn(COCC(F)(F)F)c1)c1ccc(COc2cccc(Cl)c2Cl)o1. The van der Waals surface area contributed by atoms with Crippen molar-refractivity contribution in [2.75, 3.05) is 11.9 Å². The smallest absolute Gasteiger partial charge is 0.411 e. The summed E-state index contributed by atoms with van der Waals surface area (Å²) in [5.74, 6) is 0.170. The van der Waals surface area contributed by atoms with E-state index in [0.29, 0.717) is 16.5 Å². The number of rotatable bonds is 8. The number of amides is 1. The maximum absolute atomic E-state index is 12.3. The molecule has 0 fully saturated rings. The molecule has 1 amide bonds. The number of carbonyl (C=O) groups excluding carboxylic acids is 1. The van der Waals surface area contributed by atoms with Crippen molar-refractivity contribution in [3.63, 3.8) is 0 Å². The maximum atomic E-state index is 12.3. The van der Waals surface area contributed by atoms with E-state index in [1.807, 2.05) is 0 Å². The first-order valence-corrected chi connectivity index (χ1v) is 9.11. The van der Waals surface area contributed by atoms with Gasteiger partial charge in [0.2, 0.25) is 0 Å². The van der Waals surface area contributed by atoms with E-state index < -0.39 is 25.4 Å². The molecular formula is C18H14Cl2F3N3O4. The molecule has 0 aliphatic carbocycles. The Kier molecular flexibility index (Phi) is 6.91. The molecular weight excluding hydrogens is 450 g/mol. The molecule has 0 aliphatic heterocycles. The predicted molar refractivity (Wildman–Crippen MR) is 102 cm³/mol. The van der Waals surface area contributed by atoms with Crippen LogP contribution in [0.3, 0.4) is 0 Å². The molecule has 3 rings (SSSR count). The molecule has 0 aliphatic rings. The number of furan rings is 1. The third-order valence-electron chi connectivity index (χ3n) is 3.55. The lowest BCUT2D eigenvalue weighted by Crippen LogP contribution is -2.18.